The average Bonchev–Trinajstić information content (AvgIpc) is 2.47. The van der Waals surface area contributed by atoms with E-state index in [1.54, 1.807) is 0 Å². The number of piperazine rings is 1. The number of ether oxygens (including phenoxy) is 1. The van der Waals surface area contributed by atoms with Gasteiger partial charge in [-0.3, -0.25) is 9.69 Å². The lowest BCUT2D eigenvalue weighted by Gasteiger charge is -2.35. The van der Waals surface area contributed by atoms with Gasteiger partial charge in [0.2, 0.25) is 0 Å². The highest BCUT2D eigenvalue weighted by Gasteiger charge is 2.26. The average molecular weight is 325 g/mol. The van der Waals surface area contributed by atoms with Crippen LogP contribution in [0.3, 0.4) is 0 Å². The lowest BCUT2D eigenvalue weighted by Crippen LogP contribution is -2.54. The fourth-order valence-corrected chi connectivity index (χ4v) is 3.18. The van der Waals surface area contributed by atoms with Gasteiger partial charge in [0.25, 0.3) is 0 Å². The maximum atomic E-state index is 12.3. The van der Waals surface area contributed by atoms with Gasteiger partial charge >= 0.3 is 12.0 Å². The molecule has 2 rings (SSSR count). The van der Waals surface area contributed by atoms with Crippen molar-refractivity contribution in [3.05, 3.63) is 0 Å². The fourth-order valence-electron chi connectivity index (χ4n) is 3.18. The second kappa shape index (κ2) is 7.99. The minimum absolute atomic E-state index is 0.0498. The summed E-state index contributed by atoms with van der Waals surface area (Å²) in [5, 5.41) is 3.15. The SMILES string of the molecule is CC(C)(C)OC(=O)CN1CCN(C(=O)NC2CCCCC2)CC1. The van der Waals surface area contributed by atoms with Crippen molar-refractivity contribution in [3.8, 4) is 0 Å². The molecular formula is C17H31N3O3. The summed E-state index contributed by atoms with van der Waals surface area (Å²) in [7, 11) is 0. The smallest absolute Gasteiger partial charge is 0.320 e. The normalized spacial score (nSPS) is 21.1. The molecule has 0 spiro atoms. The number of esters is 1. The van der Waals surface area contributed by atoms with E-state index in [2.05, 4.69) is 10.2 Å². The van der Waals surface area contributed by atoms with Gasteiger partial charge in [0.1, 0.15) is 5.60 Å². The Morgan fingerprint density at radius 1 is 1.04 bits per heavy atom. The van der Waals surface area contributed by atoms with Gasteiger partial charge in [0, 0.05) is 32.2 Å². The van der Waals surface area contributed by atoms with Crippen molar-refractivity contribution in [1.82, 2.24) is 15.1 Å². The second-order valence-electron chi connectivity index (χ2n) is 7.63. The van der Waals surface area contributed by atoms with Crippen LogP contribution in [0.5, 0.6) is 0 Å². The maximum absolute atomic E-state index is 12.3. The van der Waals surface area contributed by atoms with Gasteiger partial charge in [0.15, 0.2) is 0 Å². The first-order chi connectivity index (χ1) is 10.8. The van der Waals surface area contributed by atoms with Crippen molar-refractivity contribution >= 4 is 12.0 Å². The van der Waals surface area contributed by atoms with Crippen molar-refractivity contribution in [3.63, 3.8) is 0 Å². The van der Waals surface area contributed by atoms with Crippen LogP contribution in [0.1, 0.15) is 52.9 Å². The van der Waals surface area contributed by atoms with Crippen LogP contribution >= 0.6 is 0 Å². The number of rotatable bonds is 3. The molecule has 6 heteroatoms. The van der Waals surface area contributed by atoms with Crippen molar-refractivity contribution < 1.29 is 14.3 Å². The summed E-state index contributed by atoms with van der Waals surface area (Å²) in [6.07, 6.45) is 5.92. The number of hydrogen-bond donors (Lipinski definition) is 1. The van der Waals surface area contributed by atoms with Gasteiger partial charge in [-0.2, -0.15) is 0 Å². The molecule has 6 nitrogen and oxygen atoms in total. The summed E-state index contributed by atoms with van der Waals surface area (Å²) in [4.78, 5) is 28.1. The van der Waals surface area contributed by atoms with Crippen molar-refractivity contribution in [2.75, 3.05) is 32.7 Å². The van der Waals surface area contributed by atoms with E-state index < -0.39 is 5.60 Å². The summed E-state index contributed by atoms with van der Waals surface area (Å²) in [5.74, 6) is -0.197. The number of carbonyl (C=O) groups excluding carboxylic acids is 2. The molecule has 23 heavy (non-hydrogen) atoms. The highest BCUT2D eigenvalue weighted by Crippen LogP contribution is 2.17. The molecule has 0 bridgehead atoms. The monoisotopic (exact) mass is 325 g/mol. The molecule has 0 unspecified atom stereocenters. The van der Waals surface area contributed by atoms with Crippen LogP contribution < -0.4 is 5.32 Å². The highest BCUT2D eigenvalue weighted by molar-refractivity contribution is 5.75. The zero-order chi connectivity index (χ0) is 16.9. The molecule has 2 amide bonds. The Morgan fingerprint density at radius 3 is 2.22 bits per heavy atom. The molecule has 1 aliphatic heterocycles. The number of nitrogens with one attached hydrogen (secondary N) is 1. The zero-order valence-corrected chi connectivity index (χ0v) is 14.8. The summed E-state index contributed by atoms with van der Waals surface area (Å²) in [6.45, 7) is 8.70. The van der Waals surface area contributed by atoms with Crippen molar-refractivity contribution in [2.24, 2.45) is 0 Å². The summed E-state index contributed by atoms with van der Waals surface area (Å²) in [6, 6.07) is 0.393. The first-order valence-electron chi connectivity index (χ1n) is 8.83. The third-order valence-corrected chi connectivity index (χ3v) is 4.37. The highest BCUT2D eigenvalue weighted by atomic mass is 16.6. The standard InChI is InChI=1S/C17H31N3O3/c1-17(2,3)23-15(21)13-19-9-11-20(12-10-19)16(22)18-14-7-5-4-6-8-14/h14H,4-13H2,1-3H3,(H,18,22). The quantitative estimate of drug-likeness (QED) is 0.806. The molecule has 2 fully saturated rings. The Balaban J connectivity index is 1.68. The largest absolute Gasteiger partial charge is 0.459 e. The molecule has 0 radical (unpaired) electrons. The molecule has 132 valence electrons. The third kappa shape index (κ3) is 6.37. The number of amides is 2. The van der Waals surface area contributed by atoms with Crippen LogP contribution in [0.25, 0.3) is 0 Å². The maximum Gasteiger partial charge on any atom is 0.320 e. The zero-order valence-electron chi connectivity index (χ0n) is 14.8. The Kier molecular flexibility index (Phi) is 6.27. The molecule has 0 aromatic heterocycles. The van der Waals surface area contributed by atoms with E-state index in [0.29, 0.717) is 25.7 Å². The van der Waals surface area contributed by atoms with Crippen LogP contribution in [0.4, 0.5) is 4.79 Å². The van der Waals surface area contributed by atoms with Gasteiger partial charge in [0.05, 0.1) is 6.54 Å². The van der Waals surface area contributed by atoms with Crippen LogP contribution in [0, 0.1) is 0 Å². The van der Waals surface area contributed by atoms with Crippen LogP contribution in [0.15, 0.2) is 0 Å². The van der Waals surface area contributed by atoms with E-state index in [-0.39, 0.29) is 12.0 Å². The third-order valence-electron chi connectivity index (χ3n) is 4.37. The Hall–Kier alpha value is -1.30. The molecule has 0 aromatic rings. The number of hydrogen-bond acceptors (Lipinski definition) is 4. The molecular weight excluding hydrogens is 294 g/mol. The van der Waals surface area contributed by atoms with Crippen LogP contribution in [0.2, 0.25) is 0 Å². The van der Waals surface area contributed by atoms with E-state index in [1.165, 1.54) is 19.3 Å². The van der Waals surface area contributed by atoms with E-state index >= 15 is 0 Å². The predicted octanol–water partition coefficient (Wildman–Crippen LogP) is 1.99. The summed E-state index contributed by atoms with van der Waals surface area (Å²) >= 11 is 0. The topological polar surface area (TPSA) is 61.9 Å². The first kappa shape index (κ1) is 18.0. The van der Waals surface area contributed by atoms with Gasteiger partial charge in [-0.25, -0.2) is 4.79 Å². The second-order valence-corrected chi connectivity index (χ2v) is 7.63. The number of urea groups is 1. The number of nitrogens with zero attached hydrogens (tertiary/aromatic N) is 2. The minimum atomic E-state index is -0.446. The van der Waals surface area contributed by atoms with Gasteiger partial charge in [-0.15, -0.1) is 0 Å². The van der Waals surface area contributed by atoms with E-state index in [9.17, 15) is 9.59 Å². The van der Waals surface area contributed by atoms with Gasteiger partial charge < -0.3 is 15.0 Å². The molecule has 1 saturated carbocycles. The summed E-state index contributed by atoms with van der Waals surface area (Å²) in [5.41, 5.74) is -0.446. The molecule has 1 heterocycles. The molecule has 1 N–H and O–H groups in total. The minimum Gasteiger partial charge on any atom is -0.459 e. The number of carbonyl (C=O) groups is 2. The fraction of sp³-hybridized carbons (Fsp3) is 0.882. The van der Waals surface area contributed by atoms with E-state index in [1.807, 2.05) is 25.7 Å². The summed E-state index contributed by atoms with van der Waals surface area (Å²) < 4.78 is 5.34. The molecule has 0 aromatic carbocycles. The van der Waals surface area contributed by atoms with Crippen LogP contribution in [-0.4, -0.2) is 66.2 Å². The molecule has 1 aliphatic carbocycles. The van der Waals surface area contributed by atoms with Crippen molar-refractivity contribution in [1.29, 1.82) is 0 Å². The first-order valence-corrected chi connectivity index (χ1v) is 8.83. The van der Waals surface area contributed by atoms with Crippen LogP contribution in [-0.2, 0) is 9.53 Å². The predicted molar refractivity (Wildman–Crippen MR) is 89.3 cm³/mol. The van der Waals surface area contributed by atoms with Gasteiger partial charge in [-0.05, 0) is 33.6 Å². The van der Waals surface area contributed by atoms with E-state index in [4.69, 9.17) is 4.74 Å². The van der Waals surface area contributed by atoms with Crippen molar-refractivity contribution in [2.45, 2.75) is 64.5 Å². The molecule has 1 saturated heterocycles. The van der Waals surface area contributed by atoms with Gasteiger partial charge in [-0.1, -0.05) is 19.3 Å². The molecule has 0 atom stereocenters. The molecule has 2 aliphatic rings. The lowest BCUT2D eigenvalue weighted by molar-refractivity contribution is -0.156. The Morgan fingerprint density at radius 2 is 1.65 bits per heavy atom. The Bertz CT molecular complexity index is 406. The Labute approximate surface area is 139 Å². The van der Waals surface area contributed by atoms with E-state index in [0.717, 1.165) is 25.9 Å². The lowest BCUT2D eigenvalue weighted by atomic mass is 9.96.